The SMILES string of the molecule is COc1nc([N+](=O)[O-])c(CBr)n1C. The minimum atomic E-state index is -0.529. The maximum atomic E-state index is 10.5. The summed E-state index contributed by atoms with van der Waals surface area (Å²) in [5.74, 6) is -0.170. The highest BCUT2D eigenvalue weighted by Gasteiger charge is 2.25. The number of aromatic nitrogens is 2. The quantitative estimate of drug-likeness (QED) is 0.459. The molecule has 1 aromatic rings. The number of nitrogens with zero attached hydrogens (tertiary/aromatic N) is 3. The van der Waals surface area contributed by atoms with Crippen molar-refractivity contribution in [3.8, 4) is 6.01 Å². The van der Waals surface area contributed by atoms with Crippen molar-refractivity contribution in [2.75, 3.05) is 7.11 Å². The van der Waals surface area contributed by atoms with Gasteiger partial charge < -0.3 is 14.9 Å². The first kappa shape index (κ1) is 9.97. The van der Waals surface area contributed by atoms with Gasteiger partial charge in [-0.1, -0.05) is 15.9 Å². The van der Waals surface area contributed by atoms with E-state index in [-0.39, 0.29) is 11.8 Å². The molecule has 72 valence electrons. The molecule has 0 bridgehead atoms. The Labute approximate surface area is 82.8 Å². The molecule has 0 saturated carbocycles. The van der Waals surface area contributed by atoms with Gasteiger partial charge in [-0.25, -0.2) is 0 Å². The predicted molar refractivity (Wildman–Crippen MR) is 49.0 cm³/mol. The van der Waals surface area contributed by atoms with Gasteiger partial charge in [0.2, 0.25) is 0 Å². The minimum Gasteiger partial charge on any atom is -0.449 e. The summed E-state index contributed by atoms with van der Waals surface area (Å²) in [5.41, 5.74) is 0.488. The zero-order valence-corrected chi connectivity index (χ0v) is 8.74. The van der Waals surface area contributed by atoms with Gasteiger partial charge in [-0.15, -0.1) is 0 Å². The predicted octanol–water partition coefficient (Wildman–Crippen LogP) is 1.23. The van der Waals surface area contributed by atoms with Gasteiger partial charge in [0.25, 0.3) is 0 Å². The van der Waals surface area contributed by atoms with Crippen molar-refractivity contribution in [3.05, 3.63) is 15.8 Å². The van der Waals surface area contributed by atoms with Crippen LogP contribution in [-0.2, 0) is 12.4 Å². The molecular weight excluding hydrogens is 242 g/mol. The van der Waals surface area contributed by atoms with Crippen LogP contribution in [0.25, 0.3) is 0 Å². The number of ether oxygens (including phenoxy) is 1. The van der Waals surface area contributed by atoms with Gasteiger partial charge in [0.15, 0.2) is 0 Å². The van der Waals surface area contributed by atoms with Gasteiger partial charge >= 0.3 is 11.8 Å². The Morgan fingerprint density at radius 3 is 2.69 bits per heavy atom. The van der Waals surface area contributed by atoms with Crippen molar-refractivity contribution in [1.29, 1.82) is 0 Å². The Morgan fingerprint density at radius 2 is 2.38 bits per heavy atom. The lowest BCUT2D eigenvalue weighted by atomic mass is 10.5. The van der Waals surface area contributed by atoms with Crippen LogP contribution in [0, 0.1) is 10.1 Å². The molecule has 6 nitrogen and oxygen atoms in total. The molecule has 0 atom stereocenters. The van der Waals surface area contributed by atoms with E-state index in [1.54, 1.807) is 7.05 Å². The van der Waals surface area contributed by atoms with Crippen LogP contribution < -0.4 is 4.74 Å². The summed E-state index contributed by atoms with van der Waals surface area (Å²) in [5, 5.41) is 10.9. The van der Waals surface area contributed by atoms with Crippen LogP contribution in [-0.4, -0.2) is 21.6 Å². The highest BCUT2D eigenvalue weighted by molar-refractivity contribution is 9.08. The van der Waals surface area contributed by atoms with E-state index in [1.165, 1.54) is 11.7 Å². The van der Waals surface area contributed by atoms with E-state index in [2.05, 4.69) is 20.9 Å². The summed E-state index contributed by atoms with van der Waals surface area (Å²) in [6, 6.07) is 0.237. The fraction of sp³-hybridized carbons (Fsp3) is 0.500. The lowest BCUT2D eigenvalue weighted by Crippen LogP contribution is -1.98. The molecule has 0 aliphatic rings. The van der Waals surface area contributed by atoms with Crippen LogP contribution in [0.2, 0.25) is 0 Å². The summed E-state index contributed by atoms with van der Waals surface area (Å²) in [6.07, 6.45) is 0. The van der Waals surface area contributed by atoms with Crippen molar-refractivity contribution in [2.24, 2.45) is 7.05 Å². The van der Waals surface area contributed by atoms with Crippen LogP contribution in [0.3, 0.4) is 0 Å². The first-order chi connectivity index (χ1) is 6.11. The molecule has 0 aliphatic carbocycles. The van der Waals surface area contributed by atoms with Gasteiger partial charge in [0, 0.05) is 12.0 Å². The number of nitro groups is 1. The number of hydrogen-bond acceptors (Lipinski definition) is 4. The number of hydrogen-bond donors (Lipinski definition) is 0. The van der Waals surface area contributed by atoms with Crippen LogP contribution >= 0.6 is 15.9 Å². The van der Waals surface area contributed by atoms with Crippen molar-refractivity contribution in [3.63, 3.8) is 0 Å². The molecule has 13 heavy (non-hydrogen) atoms. The molecule has 0 saturated heterocycles. The Bertz CT molecular complexity index is 336. The molecule has 1 aromatic heterocycles. The third-order valence-corrected chi connectivity index (χ3v) is 2.16. The summed E-state index contributed by atoms with van der Waals surface area (Å²) in [7, 11) is 3.08. The van der Waals surface area contributed by atoms with E-state index in [4.69, 9.17) is 4.74 Å². The Balaban J connectivity index is 3.27. The maximum Gasteiger partial charge on any atom is 0.413 e. The Morgan fingerprint density at radius 1 is 1.77 bits per heavy atom. The van der Waals surface area contributed by atoms with E-state index >= 15 is 0 Å². The highest BCUT2D eigenvalue weighted by atomic mass is 79.9. The lowest BCUT2D eigenvalue weighted by molar-refractivity contribution is -0.390. The van der Waals surface area contributed by atoms with Crippen LogP contribution in [0.1, 0.15) is 5.69 Å². The van der Waals surface area contributed by atoms with Crippen LogP contribution in [0.5, 0.6) is 6.01 Å². The standard InChI is InChI=1S/C6H8BrN3O3/c1-9-4(3-7)5(10(11)12)8-6(9)13-2/h3H2,1-2H3. The third kappa shape index (κ3) is 1.64. The monoisotopic (exact) mass is 249 g/mol. The molecule has 1 rings (SSSR count). The van der Waals surface area contributed by atoms with E-state index in [9.17, 15) is 10.1 Å². The first-order valence-corrected chi connectivity index (χ1v) is 4.54. The second-order valence-electron chi connectivity index (χ2n) is 2.32. The second kappa shape index (κ2) is 3.73. The van der Waals surface area contributed by atoms with Crippen molar-refractivity contribution < 1.29 is 9.66 Å². The largest absolute Gasteiger partial charge is 0.449 e. The zero-order valence-electron chi connectivity index (χ0n) is 7.15. The molecule has 1 heterocycles. The Kier molecular flexibility index (Phi) is 2.86. The zero-order chi connectivity index (χ0) is 10.0. The van der Waals surface area contributed by atoms with Crippen LogP contribution in [0.4, 0.5) is 5.82 Å². The number of methoxy groups -OCH3 is 1. The van der Waals surface area contributed by atoms with E-state index in [0.29, 0.717) is 11.0 Å². The Hall–Kier alpha value is -1.11. The average Bonchev–Trinajstić information content (AvgIpc) is 2.42. The average molecular weight is 250 g/mol. The third-order valence-electron chi connectivity index (χ3n) is 1.63. The number of rotatable bonds is 3. The maximum absolute atomic E-state index is 10.5. The molecule has 7 heteroatoms. The van der Waals surface area contributed by atoms with Crippen molar-refractivity contribution in [1.82, 2.24) is 9.55 Å². The normalized spacial score (nSPS) is 10.1. The molecular formula is C6H8BrN3O3. The minimum absolute atomic E-state index is 0.170. The van der Waals surface area contributed by atoms with Gasteiger partial charge in [0.05, 0.1) is 12.4 Å². The highest BCUT2D eigenvalue weighted by Crippen LogP contribution is 2.24. The van der Waals surface area contributed by atoms with E-state index < -0.39 is 4.92 Å². The molecule has 0 amide bonds. The molecule has 0 N–H and O–H groups in total. The molecule has 0 spiro atoms. The molecule has 0 aliphatic heterocycles. The van der Waals surface area contributed by atoms with Gasteiger partial charge in [-0.2, -0.15) is 0 Å². The van der Waals surface area contributed by atoms with Gasteiger partial charge in [0.1, 0.15) is 5.69 Å². The summed E-state index contributed by atoms with van der Waals surface area (Å²) in [4.78, 5) is 13.7. The fourth-order valence-corrected chi connectivity index (χ4v) is 1.60. The molecule has 0 radical (unpaired) electrons. The van der Waals surface area contributed by atoms with E-state index in [0.717, 1.165) is 0 Å². The summed E-state index contributed by atoms with van der Waals surface area (Å²) >= 11 is 3.15. The first-order valence-electron chi connectivity index (χ1n) is 3.41. The summed E-state index contributed by atoms with van der Waals surface area (Å²) < 4.78 is 6.38. The second-order valence-corrected chi connectivity index (χ2v) is 2.88. The van der Waals surface area contributed by atoms with Gasteiger partial charge in [-0.05, 0) is 4.92 Å². The van der Waals surface area contributed by atoms with Crippen LogP contribution in [0.15, 0.2) is 0 Å². The number of halogens is 1. The van der Waals surface area contributed by atoms with Crippen molar-refractivity contribution in [2.45, 2.75) is 5.33 Å². The summed E-state index contributed by atoms with van der Waals surface area (Å²) in [6.45, 7) is 0. The number of imidazole rings is 1. The smallest absolute Gasteiger partial charge is 0.413 e. The lowest BCUT2D eigenvalue weighted by Gasteiger charge is -1.96. The molecule has 0 unspecified atom stereocenters. The fourth-order valence-electron chi connectivity index (χ4n) is 0.974. The number of alkyl halides is 1. The molecule has 0 aromatic carbocycles. The van der Waals surface area contributed by atoms with Gasteiger partial charge in [-0.3, -0.25) is 4.57 Å². The van der Waals surface area contributed by atoms with E-state index in [1.807, 2.05) is 0 Å². The topological polar surface area (TPSA) is 70.2 Å². The van der Waals surface area contributed by atoms with Crippen molar-refractivity contribution >= 4 is 21.7 Å². The molecule has 0 fully saturated rings.